The van der Waals surface area contributed by atoms with Gasteiger partial charge in [0.25, 0.3) is 11.1 Å². The molecule has 0 spiro atoms. The highest BCUT2D eigenvalue weighted by atomic mass is 79.9. The molecular weight excluding hydrogens is 494 g/mol. The second-order valence-electron chi connectivity index (χ2n) is 6.48. The molecule has 0 aromatic heterocycles. The number of rotatable bonds is 7. The summed E-state index contributed by atoms with van der Waals surface area (Å²) in [6, 6.07) is 7.91. The van der Waals surface area contributed by atoms with Crippen LogP contribution >= 0.6 is 27.7 Å². The molecule has 2 aromatic carbocycles. The van der Waals surface area contributed by atoms with E-state index in [1.165, 1.54) is 6.08 Å². The van der Waals surface area contributed by atoms with Crippen LogP contribution in [0, 0.1) is 11.6 Å². The number of hydrogen-bond donors (Lipinski definition) is 1. The quantitative estimate of drug-likeness (QED) is 0.518. The molecule has 0 unspecified atom stereocenters. The van der Waals surface area contributed by atoms with Gasteiger partial charge >= 0.3 is 0 Å². The smallest absolute Gasteiger partial charge is 0.294 e. The van der Waals surface area contributed by atoms with Crippen LogP contribution in [-0.4, -0.2) is 35.1 Å². The number of benzene rings is 2. The molecule has 6 nitrogen and oxygen atoms in total. The summed E-state index contributed by atoms with van der Waals surface area (Å²) in [4.78, 5) is 37.9. The molecule has 1 fully saturated rings. The lowest BCUT2D eigenvalue weighted by Gasteiger charge is -2.12. The Bertz CT molecular complexity index is 1080. The summed E-state index contributed by atoms with van der Waals surface area (Å²) in [5.41, 5.74) is 0.420. The molecule has 2 aromatic rings. The van der Waals surface area contributed by atoms with E-state index in [-0.39, 0.29) is 10.6 Å². The van der Waals surface area contributed by atoms with Crippen molar-refractivity contribution in [3.8, 4) is 5.75 Å². The Kier molecular flexibility index (Phi) is 7.45. The molecule has 0 bridgehead atoms. The largest absolute Gasteiger partial charge is 0.492 e. The minimum Gasteiger partial charge on any atom is -0.492 e. The van der Waals surface area contributed by atoms with Crippen LogP contribution in [0.15, 0.2) is 45.8 Å². The van der Waals surface area contributed by atoms with Crippen LogP contribution in [0.3, 0.4) is 0 Å². The minimum atomic E-state index is -0.959. The summed E-state index contributed by atoms with van der Waals surface area (Å²) in [6.45, 7) is 1.97. The van der Waals surface area contributed by atoms with Crippen molar-refractivity contribution in [3.63, 3.8) is 0 Å². The predicted octanol–water partition coefficient (Wildman–Crippen LogP) is 5.19. The van der Waals surface area contributed by atoms with E-state index in [0.29, 0.717) is 40.2 Å². The molecule has 3 amide bonds. The van der Waals surface area contributed by atoms with Crippen LogP contribution in [-0.2, 0) is 9.59 Å². The topological polar surface area (TPSA) is 75.7 Å². The first-order valence-electron chi connectivity index (χ1n) is 9.21. The van der Waals surface area contributed by atoms with E-state index < -0.39 is 35.2 Å². The first kappa shape index (κ1) is 23.0. The van der Waals surface area contributed by atoms with Gasteiger partial charge in [0.05, 0.1) is 21.7 Å². The van der Waals surface area contributed by atoms with E-state index in [1.807, 2.05) is 6.92 Å². The van der Waals surface area contributed by atoms with Gasteiger partial charge in [-0.2, -0.15) is 0 Å². The number of nitrogens with one attached hydrogen (secondary N) is 1. The molecule has 0 saturated carbocycles. The highest BCUT2D eigenvalue weighted by Gasteiger charge is 2.36. The van der Waals surface area contributed by atoms with Crippen LogP contribution < -0.4 is 10.1 Å². The average molecular weight is 511 g/mol. The summed E-state index contributed by atoms with van der Waals surface area (Å²) in [7, 11) is 0. The Hall–Kier alpha value is -2.72. The maximum absolute atomic E-state index is 13.7. The summed E-state index contributed by atoms with van der Waals surface area (Å²) in [5, 5.41) is 1.61. The van der Waals surface area contributed by atoms with Gasteiger partial charge in [-0.15, -0.1) is 0 Å². The predicted molar refractivity (Wildman–Crippen MR) is 118 cm³/mol. The van der Waals surface area contributed by atoms with E-state index in [9.17, 15) is 23.2 Å². The van der Waals surface area contributed by atoms with Gasteiger partial charge in [0.1, 0.15) is 23.9 Å². The van der Waals surface area contributed by atoms with Crippen molar-refractivity contribution in [2.45, 2.75) is 13.3 Å². The Balaban J connectivity index is 1.68. The molecule has 1 saturated heterocycles. The lowest BCUT2D eigenvalue weighted by atomic mass is 10.2. The molecule has 1 heterocycles. The maximum Gasteiger partial charge on any atom is 0.294 e. The number of ether oxygens (including phenoxy) is 1. The number of nitrogens with zero attached hydrogens (tertiary/aromatic N) is 1. The van der Waals surface area contributed by atoms with Gasteiger partial charge in [-0.3, -0.25) is 19.3 Å². The number of carbonyl (C=O) groups excluding carboxylic acids is 3. The number of imide groups is 1. The van der Waals surface area contributed by atoms with Crippen LogP contribution in [0.5, 0.6) is 5.75 Å². The normalized spacial score (nSPS) is 15.0. The van der Waals surface area contributed by atoms with E-state index in [4.69, 9.17) is 4.74 Å². The first-order valence-corrected chi connectivity index (χ1v) is 10.8. The molecule has 0 aliphatic carbocycles. The number of carbonyl (C=O) groups is 3. The third-order valence-corrected chi connectivity index (χ3v) is 5.62. The van der Waals surface area contributed by atoms with Gasteiger partial charge in [0.15, 0.2) is 0 Å². The molecule has 3 rings (SSSR count). The van der Waals surface area contributed by atoms with Gasteiger partial charge in [-0.25, -0.2) is 8.78 Å². The SMILES string of the molecule is CCCOc1ccc(/C=C2\SC(=O)N(CC(=O)Nc3ccc(F)cc3F)C2=O)cc1Br. The fourth-order valence-corrected chi connectivity index (χ4v) is 4.00. The summed E-state index contributed by atoms with van der Waals surface area (Å²) in [6.07, 6.45) is 2.40. The standard InChI is InChI=1S/C21H17BrF2N2O4S/c1-2-7-30-17-6-3-12(8-14(17)22)9-18-20(28)26(21(29)31-18)11-19(27)25-16-5-4-13(23)10-15(16)24/h3-6,8-10H,2,7,11H2,1H3,(H,25,27)/b18-9-. The van der Waals surface area contributed by atoms with E-state index in [1.54, 1.807) is 18.2 Å². The fraction of sp³-hybridized carbons (Fsp3) is 0.190. The zero-order valence-corrected chi connectivity index (χ0v) is 18.7. The Morgan fingerprint density at radius 1 is 1.23 bits per heavy atom. The van der Waals surface area contributed by atoms with Gasteiger partial charge < -0.3 is 10.1 Å². The molecule has 162 valence electrons. The van der Waals surface area contributed by atoms with Crippen molar-refractivity contribution >= 4 is 56.5 Å². The summed E-state index contributed by atoms with van der Waals surface area (Å²) >= 11 is 4.11. The second kappa shape index (κ2) is 10.1. The number of amides is 3. The van der Waals surface area contributed by atoms with Crippen LogP contribution in [0.2, 0.25) is 0 Å². The van der Waals surface area contributed by atoms with E-state index in [0.717, 1.165) is 23.5 Å². The molecular formula is C21H17BrF2N2O4S. The molecule has 1 N–H and O–H groups in total. The highest BCUT2D eigenvalue weighted by Crippen LogP contribution is 2.34. The van der Waals surface area contributed by atoms with Crippen molar-refractivity contribution in [2.24, 2.45) is 0 Å². The van der Waals surface area contributed by atoms with Crippen molar-refractivity contribution in [1.29, 1.82) is 0 Å². The monoisotopic (exact) mass is 510 g/mol. The molecule has 10 heteroatoms. The lowest BCUT2D eigenvalue weighted by molar-refractivity contribution is -0.127. The van der Waals surface area contributed by atoms with Crippen LogP contribution in [0.1, 0.15) is 18.9 Å². The van der Waals surface area contributed by atoms with Crippen molar-refractivity contribution in [2.75, 3.05) is 18.5 Å². The zero-order chi connectivity index (χ0) is 22.5. The Morgan fingerprint density at radius 2 is 2.00 bits per heavy atom. The Labute approximate surface area is 189 Å². The maximum atomic E-state index is 13.7. The number of anilines is 1. The summed E-state index contributed by atoms with van der Waals surface area (Å²) < 4.78 is 32.9. The molecule has 0 radical (unpaired) electrons. The van der Waals surface area contributed by atoms with Gasteiger partial charge in [-0.1, -0.05) is 13.0 Å². The van der Waals surface area contributed by atoms with Crippen molar-refractivity contribution in [3.05, 3.63) is 63.0 Å². The Morgan fingerprint density at radius 3 is 2.68 bits per heavy atom. The third kappa shape index (κ3) is 5.71. The number of thioether (sulfide) groups is 1. The van der Waals surface area contributed by atoms with Gasteiger partial charge in [0.2, 0.25) is 5.91 Å². The lowest BCUT2D eigenvalue weighted by Crippen LogP contribution is -2.36. The molecule has 1 aliphatic rings. The first-order chi connectivity index (χ1) is 14.8. The van der Waals surface area contributed by atoms with Gasteiger partial charge in [0, 0.05) is 6.07 Å². The van der Waals surface area contributed by atoms with Crippen LogP contribution in [0.4, 0.5) is 19.3 Å². The van der Waals surface area contributed by atoms with Crippen molar-refractivity contribution < 1.29 is 27.9 Å². The van der Waals surface area contributed by atoms with E-state index in [2.05, 4.69) is 21.2 Å². The summed E-state index contributed by atoms with van der Waals surface area (Å²) in [5.74, 6) is -2.50. The number of hydrogen-bond acceptors (Lipinski definition) is 5. The second-order valence-corrected chi connectivity index (χ2v) is 8.33. The average Bonchev–Trinajstić information content (AvgIpc) is 2.97. The fourth-order valence-electron chi connectivity index (χ4n) is 2.65. The van der Waals surface area contributed by atoms with Crippen molar-refractivity contribution in [1.82, 2.24) is 4.90 Å². The molecule has 1 aliphatic heterocycles. The minimum absolute atomic E-state index is 0.153. The van der Waals surface area contributed by atoms with E-state index >= 15 is 0 Å². The zero-order valence-electron chi connectivity index (χ0n) is 16.3. The molecule has 31 heavy (non-hydrogen) atoms. The van der Waals surface area contributed by atoms with Gasteiger partial charge in [-0.05, 0) is 70.0 Å². The third-order valence-electron chi connectivity index (χ3n) is 4.10. The highest BCUT2D eigenvalue weighted by molar-refractivity contribution is 9.10. The number of halogens is 3. The molecule has 0 atom stereocenters. The van der Waals surface area contributed by atoms with Crippen LogP contribution in [0.25, 0.3) is 6.08 Å².